The van der Waals surface area contributed by atoms with Crippen molar-refractivity contribution in [2.75, 3.05) is 6.54 Å². The molecular weight excluding hydrogens is 108 g/mol. The van der Waals surface area contributed by atoms with Crippen molar-refractivity contribution in [2.45, 2.75) is 19.8 Å². The van der Waals surface area contributed by atoms with Gasteiger partial charge in [0.15, 0.2) is 0 Å². The minimum Gasteiger partial charge on any atom is -1.00 e. The Bertz CT molecular complexity index is 24.0. The first kappa shape index (κ1) is 16.0. The molecule has 0 saturated heterocycles. The van der Waals surface area contributed by atoms with E-state index >= 15 is 0 Å². The van der Waals surface area contributed by atoms with Crippen LogP contribution in [0.3, 0.4) is 0 Å². The van der Waals surface area contributed by atoms with Crippen LogP contribution < -0.4 is 64.8 Å². The third-order valence-electron chi connectivity index (χ3n) is 0.558. The predicted octanol–water partition coefficient (Wildman–Crippen LogP) is -5.02. The van der Waals surface area contributed by atoms with Gasteiger partial charge in [-0.1, -0.05) is 13.3 Å². The van der Waals surface area contributed by atoms with Gasteiger partial charge < -0.3 is 8.59 Å². The van der Waals surface area contributed by atoms with Crippen molar-refractivity contribution < 1.29 is 62.0 Å². The van der Waals surface area contributed by atoms with Gasteiger partial charge in [0.25, 0.3) is 0 Å². The second-order valence-corrected chi connectivity index (χ2v) is 1.14. The molecule has 0 spiro atoms. The van der Waals surface area contributed by atoms with E-state index < -0.39 is 0 Å². The molecule has 36 valence electrons. The monoisotopic (exact) mass is 121 g/mol. The van der Waals surface area contributed by atoms with Crippen LogP contribution >= 0.6 is 0 Å². The average molecular weight is 121 g/mol. The SMILES string of the molecule is CCCCN.[H-].[H-].[Na+].[Na+]. The van der Waals surface area contributed by atoms with Gasteiger partial charge in [-0.05, 0) is 13.0 Å². The summed E-state index contributed by atoms with van der Waals surface area (Å²) in [6, 6.07) is 0. The van der Waals surface area contributed by atoms with Gasteiger partial charge in [-0.2, -0.15) is 0 Å². The number of nitrogens with two attached hydrogens (primary N) is 1. The van der Waals surface area contributed by atoms with Crippen LogP contribution in [0.25, 0.3) is 0 Å². The van der Waals surface area contributed by atoms with Crippen molar-refractivity contribution in [3.05, 3.63) is 0 Å². The number of rotatable bonds is 2. The third-order valence-corrected chi connectivity index (χ3v) is 0.558. The predicted molar refractivity (Wildman–Crippen MR) is 26.2 cm³/mol. The maximum absolute atomic E-state index is 5.14. The number of unbranched alkanes of at least 4 members (excludes halogenated alkanes) is 1. The molecule has 0 bridgehead atoms. The first-order valence-corrected chi connectivity index (χ1v) is 2.12. The quantitative estimate of drug-likeness (QED) is 0.364. The molecule has 0 amide bonds. The van der Waals surface area contributed by atoms with E-state index in [0.717, 1.165) is 6.54 Å². The zero-order valence-electron chi connectivity index (χ0n) is 7.70. The Morgan fingerprint density at radius 1 is 1.43 bits per heavy atom. The zero-order chi connectivity index (χ0) is 4.12. The summed E-state index contributed by atoms with van der Waals surface area (Å²) in [7, 11) is 0. The molecule has 0 heterocycles. The topological polar surface area (TPSA) is 26.0 Å². The summed E-state index contributed by atoms with van der Waals surface area (Å²) in [6.45, 7) is 2.98. The van der Waals surface area contributed by atoms with Crippen LogP contribution in [0.15, 0.2) is 0 Å². The zero-order valence-corrected chi connectivity index (χ0v) is 9.70. The first-order valence-electron chi connectivity index (χ1n) is 2.12. The van der Waals surface area contributed by atoms with Crippen molar-refractivity contribution in [3.8, 4) is 0 Å². The van der Waals surface area contributed by atoms with Gasteiger partial charge in [-0.25, -0.2) is 0 Å². The molecule has 1 nitrogen and oxygen atoms in total. The van der Waals surface area contributed by atoms with Crippen molar-refractivity contribution in [2.24, 2.45) is 5.73 Å². The van der Waals surface area contributed by atoms with E-state index in [1.165, 1.54) is 12.8 Å². The van der Waals surface area contributed by atoms with E-state index in [4.69, 9.17) is 5.73 Å². The molecule has 0 rings (SSSR count). The van der Waals surface area contributed by atoms with E-state index in [2.05, 4.69) is 6.92 Å². The molecule has 0 radical (unpaired) electrons. The van der Waals surface area contributed by atoms with Gasteiger partial charge in [-0.3, -0.25) is 0 Å². The fraction of sp³-hybridized carbons (Fsp3) is 1.00. The van der Waals surface area contributed by atoms with E-state index in [1.54, 1.807) is 0 Å². The average Bonchev–Trinajstić information content (AvgIpc) is 1.41. The normalized spacial score (nSPS) is 6.00. The van der Waals surface area contributed by atoms with E-state index in [-0.39, 0.29) is 62.0 Å². The molecule has 0 aliphatic heterocycles. The van der Waals surface area contributed by atoms with Crippen molar-refractivity contribution in [1.29, 1.82) is 0 Å². The molecule has 0 aromatic carbocycles. The van der Waals surface area contributed by atoms with Gasteiger partial charge in [-0.15, -0.1) is 0 Å². The molecule has 0 aliphatic carbocycles. The third kappa shape index (κ3) is 18.0. The van der Waals surface area contributed by atoms with Crippen molar-refractivity contribution in [3.63, 3.8) is 0 Å². The maximum Gasteiger partial charge on any atom is 1.00 e. The molecule has 0 unspecified atom stereocenters. The molecule has 3 heteroatoms. The Kier molecular flexibility index (Phi) is 35.8. The summed E-state index contributed by atoms with van der Waals surface area (Å²) in [5.74, 6) is 0. The van der Waals surface area contributed by atoms with Crippen LogP contribution in [0.1, 0.15) is 22.6 Å². The standard InChI is InChI=1S/C4H11N.2Na.2H/c1-2-3-4-5;;;;/h2-5H2,1H3;;;;/q;2*+1;2*-1. The summed E-state index contributed by atoms with van der Waals surface area (Å²) in [5.41, 5.74) is 5.14. The molecule has 0 aliphatic rings. The summed E-state index contributed by atoms with van der Waals surface area (Å²) in [4.78, 5) is 0. The molecule has 0 fully saturated rings. The molecule has 0 aromatic heterocycles. The van der Waals surface area contributed by atoms with Gasteiger partial charge in [0.1, 0.15) is 0 Å². The van der Waals surface area contributed by atoms with Gasteiger partial charge >= 0.3 is 59.1 Å². The van der Waals surface area contributed by atoms with Crippen molar-refractivity contribution >= 4 is 0 Å². The van der Waals surface area contributed by atoms with Crippen LogP contribution in [0, 0.1) is 0 Å². The second kappa shape index (κ2) is 15.7. The maximum atomic E-state index is 5.14. The molecule has 7 heavy (non-hydrogen) atoms. The fourth-order valence-corrected chi connectivity index (χ4v) is 0.204. The number of hydrogen-bond donors (Lipinski definition) is 1. The van der Waals surface area contributed by atoms with Crippen LogP contribution in [0.4, 0.5) is 0 Å². The summed E-state index contributed by atoms with van der Waals surface area (Å²) in [6.07, 6.45) is 2.39. The van der Waals surface area contributed by atoms with E-state index in [9.17, 15) is 0 Å². The van der Waals surface area contributed by atoms with Gasteiger partial charge in [0.05, 0.1) is 0 Å². The number of hydrogen-bond acceptors (Lipinski definition) is 1. The molecule has 2 N–H and O–H groups in total. The smallest absolute Gasteiger partial charge is 1.00 e. The minimum atomic E-state index is 0. The second-order valence-electron chi connectivity index (χ2n) is 1.14. The van der Waals surface area contributed by atoms with Gasteiger partial charge in [0.2, 0.25) is 0 Å². The van der Waals surface area contributed by atoms with Crippen molar-refractivity contribution in [1.82, 2.24) is 0 Å². The summed E-state index contributed by atoms with van der Waals surface area (Å²) < 4.78 is 0. The summed E-state index contributed by atoms with van der Waals surface area (Å²) >= 11 is 0. The Morgan fingerprint density at radius 3 is 1.86 bits per heavy atom. The molecule has 0 aromatic rings. The Morgan fingerprint density at radius 2 is 1.86 bits per heavy atom. The minimum absolute atomic E-state index is 0. The van der Waals surface area contributed by atoms with Gasteiger partial charge in [0, 0.05) is 0 Å². The van der Waals surface area contributed by atoms with Crippen LogP contribution in [0.5, 0.6) is 0 Å². The Balaban J connectivity index is -0.0000000133. The largest absolute Gasteiger partial charge is 1.00 e. The van der Waals surface area contributed by atoms with E-state index in [0.29, 0.717) is 0 Å². The fourth-order valence-electron chi connectivity index (χ4n) is 0.204. The molecule has 0 atom stereocenters. The van der Waals surface area contributed by atoms with E-state index in [1.807, 2.05) is 0 Å². The molecular formula is C4H13NNa2. The Labute approximate surface area is 93.0 Å². The molecule has 0 saturated carbocycles. The van der Waals surface area contributed by atoms with Crippen LogP contribution in [-0.4, -0.2) is 6.54 Å². The Hall–Kier alpha value is 1.96. The first-order chi connectivity index (χ1) is 2.41. The van der Waals surface area contributed by atoms with Crippen LogP contribution in [0.2, 0.25) is 0 Å². The summed E-state index contributed by atoms with van der Waals surface area (Å²) in [5, 5.41) is 0. The van der Waals surface area contributed by atoms with Crippen LogP contribution in [-0.2, 0) is 0 Å².